The third-order valence-corrected chi connectivity index (χ3v) is 8.08. The number of fused-ring (bicyclic) bond motifs is 1. The van der Waals surface area contributed by atoms with Crippen LogP contribution in [0, 0.1) is 0 Å². The fourth-order valence-corrected chi connectivity index (χ4v) is 5.71. The largest absolute Gasteiger partial charge is 0.495 e. The van der Waals surface area contributed by atoms with Crippen molar-refractivity contribution in [1.29, 1.82) is 0 Å². The number of hydrogen-bond acceptors (Lipinski definition) is 8. The van der Waals surface area contributed by atoms with Gasteiger partial charge in [0.15, 0.2) is 0 Å². The van der Waals surface area contributed by atoms with E-state index >= 15 is 0 Å². The van der Waals surface area contributed by atoms with Crippen LogP contribution in [0.1, 0.15) is 18.4 Å². The molecule has 0 aliphatic carbocycles. The molecule has 1 aliphatic rings. The highest BCUT2D eigenvalue weighted by Crippen LogP contribution is 2.33. The second kappa shape index (κ2) is 13.4. The van der Waals surface area contributed by atoms with Gasteiger partial charge in [0.1, 0.15) is 30.3 Å². The smallest absolute Gasteiger partial charge is 0.142 e. The molecule has 0 atom stereocenters. The zero-order valence-corrected chi connectivity index (χ0v) is 23.1. The highest BCUT2D eigenvalue weighted by atomic mass is 32.2. The van der Waals surface area contributed by atoms with Crippen LogP contribution in [0.4, 0.5) is 17.2 Å². The molecule has 39 heavy (non-hydrogen) atoms. The zero-order valence-electron chi connectivity index (χ0n) is 22.3. The van der Waals surface area contributed by atoms with E-state index in [2.05, 4.69) is 25.5 Å². The van der Waals surface area contributed by atoms with Crippen LogP contribution in [0.15, 0.2) is 73.1 Å². The summed E-state index contributed by atoms with van der Waals surface area (Å²) in [6.45, 7) is 4.32. The molecule has 1 fully saturated rings. The van der Waals surface area contributed by atoms with Crippen molar-refractivity contribution in [2.75, 3.05) is 55.4 Å². The molecule has 2 heterocycles. The van der Waals surface area contributed by atoms with Gasteiger partial charge >= 0.3 is 0 Å². The lowest BCUT2D eigenvalue weighted by Crippen LogP contribution is -2.38. The average molecular weight is 546 g/mol. The SMILES string of the molecule is COc1cc2c(Nc3ccc(OCc4ccccc4)cc3)ncnc2cc1NCCCCN1CCS(=O)CC1. The van der Waals surface area contributed by atoms with Gasteiger partial charge in [0, 0.05) is 53.0 Å². The molecule has 1 saturated heterocycles. The minimum absolute atomic E-state index is 0.530. The topological polar surface area (TPSA) is 88.6 Å². The number of nitrogens with one attached hydrogen (secondary N) is 2. The zero-order chi connectivity index (χ0) is 26.9. The van der Waals surface area contributed by atoms with E-state index < -0.39 is 10.8 Å². The standard InChI is InChI=1S/C30H35N5O3S/c1-37-29-19-26-27(20-28(29)31-13-5-6-14-35-15-17-39(36)18-16-35)32-22-33-30(26)34-24-9-11-25(12-10-24)38-21-23-7-3-2-4-8-23/h2-4,7-12,19-20,22,31H,5-6,13-18,21H2,1H3,(H,32,33,34). The van der Waals surface area contributed by atoms with Crippen LogP contribution in [-0.2, 0) is 17.4 Å². The van der Waals surface area contributed by atoms with Crippen molar-refractivity contribution < 1.29 is 13.7 Å². The molecule has 4 aromatic rings. The van der Waals surface area contributed by atoms with E-state index in [1.54, 1.807) is 13.4 Å². The second-order valence-corrected chi connectivity index (χ2v) is 11.2. The van der Waals surface area contributed by atoms with Gasteiger partial charge in [-0.15, -0.1) is 0 Å². The molecule has 5 rings (SSSR count). The number of anilines is 3. The number of unbranched alkanes of at least 4 members (excludes halogenated alkanes) is 1. The number of nitrogens with zero attached hydrogens (tertiary/aromatic N) is 3. The van der Waals surface area contributed by atoms with Crippen molar-refractivity contribution in [3.8, 4) is 11.5 Å². The Balaban J connectivity index is 1.18. The first-order chi connectivity index (χ1) is 19.2. The van der Waals surface area contributed by atoms with Crippen LogP contribution in [0.25, 0.3) is 10.9 Å². The maximum absolute atomic E-state index is 11.5. The Morgan fingerprint density at radius 3 is 2.54 bits per heavy atom. The second-order valence-electron chi connectivity index (χ2n) is 9.54. The van der Waals surface area contributed by atoms with Crippen molar-refractivity contribution in [3.05, 3.63) is 78.6 Å². The average Bonchev–Trinajstić information content (AvgIpc) is 2.98. The van der Waals surface area contributed by atoms with Gasteiger partial charge in [0.25, 0.3) is 0 Å². The minimum Gasteiger partial charge on any atom is -0.495 e. The first-order valence-electron chi connectivity index (χ1n) is 13.4. The van der Waals surface area contributed by atoms with Crippen LogP contribution >= 0.6 is 0 Å². The molecular weight excluding hydrogens is 510 g/mol. The van der Waals surface area contributed by atoms with Crippen molar-refractivity contribution in [2.24, 2.45) is 0 Å². The number of ether oxygens (including phenoxy) is 2. The monoisotopic (exact) mass is 545 g/mol. The molecule has 3 aromatic carbocycles. The summed E-state index contributed by atoms with van der Waals surface area (Å²) in [7, 11) is 1.06. The lowest BCUT2D eigenvalue weighted by Gasteiger charge is -2.25. The molecule has 0 spiro atoms. The Morgan fingerprint density at radius 1 is 0.974 bits per heavy atom. The quantitative estimate of drug-likeness (QED) is 0.234. The number of benzene rings is 3. The predicted molar refractivity (Wildman–Crippen MR) is 159 cm³/mol. The van der Waals surface area contributed by atoms with Gasteiger partial charge in [-0.1, -0.05) is 30.3 Å². The van der Waals surface area contributed by atoms with E-state index in [1.165, 1.54) is 0 Å². The third kappa shape index (κ3) is 7.46. The van der Waals surface area contributed by atoms with Crippen LogP contribution in [0.3, 0.4) is 0 Å². The van der Waals surface area contributed by atoms with Crippen LogP contribution in [0.5, 0.6) is 11.5 Å². The van der Waals surface area contributed by atoms with Crippen molar-refractivity contribution in [1.82, 2.24) is 14.9 Å². The first kappa shape index (κ1) is 26.9. The highest BCUT2D eigenvalue weighted by Gasteiger charge is 2.14. The first-order valence-corrected chi connectivity index (χ1v) is 14.8. The van der Waals surface area contributed by atoms with Gasteiger partial charge in [-0.3, -0.25) is 4.21 Å². The maximum Gasteiger partial charge on any atom is 0.142 e. The molecule has 204 valence electrons. The molecule has 1 aromatic heterocycles. The van der Waals surface area contributed by atoms with Crippen molar-refractivity contribution in [2.45, 2.75) is 19.4 Å². The number of aromatic nitrogens is 2. The van der Waals surface area contributed by atoms with Crippen LogP contribution < -0.4 is 20.1 Å². The molecule has 0 saturated carbocycles. The summed E-state index contributed by atoms with van der Waals surface area (Å²) in [6.07, 6.45) is 3.72. The van der Waals surface area contributed by atoms with Gasteiger partial charge in [0.2, 0.25) is 0 Å². The van der Waals surface area contributed by atoms with Gasteiger partial charge in [-0.2, -0.15) is 0 Å². The van der Waals surface area contributed by atoms with Crippen LogP contribution in [0.2, 0.25) is 0 Å². The number of hydrogen-bond donors (Lipinski definition) is 2. The normalized spacial score (nSPS) is 14.3. The Bertz CT molecular complexity index is 1380. The molecule has 2 N–H and O–H groups in total. The van der Waals surface area contributed by atoms with E-state index in [9.17, 15) is 4.21 Å². The summed E-state index contributed by atoms with van der Waals surface area (Å²) in [5, 5.41) is 7.80. The fourth-order valence-electron chi connectivity index (χ4n) is 4.58. The van der Waals surface area contributed by atoms with E-state index in [4.69, 9.17) is 9.47 Å². The van der Waals surface area contributed by atoms with Gasteiger partial charge in [0.05, 0.1) is 18.3 Å². The third-order valence-electron chi connectivity index (χ3n) is 6.81. The van der Waals surface area contributed by atoms with Crippen LogP contribution in [-0.4, -0.2) is 63.9 Å². The van der Waals surface area contributed by atoms with E-state index in [0.29, 0.717) is 12.4 Å². The Labute approximate surface area is 232 Å². The lowest BCUT2D eigenvalue weighted by molar-refractivity contribution is 0.294. The van der Waals surface area contributed by atoms with Crippen molar-refractivity contribution >= 4 is 38.9 Å². The Hall–Kier alpha value is -3.69. The highest BCUT2D eigenvalue weighted by molar-refractivity contribution is 7.85. The minimum atomic E-state index is -0.620. The fraction of sp³-hybridized carbons (Fsp3) is 0.333. The molecule has 0 bridgehead atoms. The summed E-state index contributed by atoms with van der Waals surface area (Å²) < 4.78 is 23.1. The number of rotatable bonds is 12. The lowest BCUT2D eigenvalue weighted by atomic mass is 10.1. The van der Waals surface area contributed by atoms with E-state index in [0.717, 1.165) is 89.9 Å². The molecule has 0 amide bonds. The summed E-state index contributed by atoms with van der Waals surface area (Å²) in [5.41, 5.74) is 3.79. The Morgan fingerprint density at radius 2 is 1.77 bits per heavy atom. The van der Waals surface area contributed by atoms with Gasteiger partial charge in [-0.05, 0) is 61.3 Å². The molecule has 1 aliphatic heterocycles. The van der Waals surface area contributed by atoms with E-state index in [-0.39, 0.29) is 0 Å². The maximum atomic E-state index is 11.5. The van der Waals surface area contributed by atoms with Gasteiger partial charge in [-0.25, -0.2) is 9.97 Å². The van der Waals surface area contributed by atoms with Crippen molar-refractivity contribution in [3.63, 3.8) is 0 Å². The predicted octanol–water partition coefficient (Wildman–Crippen LogP) is 5.22. The summed E-state index contributed by atoms with van der Waals surface area (Å²) in [4.78, 5) is 11.4. The Kier molecular flexibility index (Phi) is 9.24. The summed E-state index contributed by atoms with van der Waals surface area (Å²) >= 11 is 0. The summed E-state index contributed by atoms with van der Waals surface area (Å²) in [6, 6.07) is 22.0. The molecule has 0 unspecified atom stereocenters. The molecule has 8 nitrogen and oxygen atoms in total. The number of methoxy groups -OCH3 is 1. The van der Waals surface area contributed by atoms with E-state index in [1.807, 2.05) is 66.7 Å². The molecule has 9 heteroatoms. The summed E-state index contributed by atoms with van der Waals surface area (Å²) in [5.74, 6) is 3.88. The van der Waals surface area contributed by atoms with Gasteiger partial charge < -0.3 is 25.0 Å². The molecule has 0 radical (unpaired) electrons. The molecular formula is C30H35N5O3S.